The summed E-state index contributed by atoms with van der Waals surface area (Å²) in [6.07, 6.45) is 2.12. The number of amides is 1. The van der Waals surface area contributed by atoms with Crippen LogP contribution in [0.5, 0.6) is 0 Å². The van der Waals surface area contributed by atoms with Crippen molar-refractivity contribution in [2.75, 3.05) is 0 Å². The Morgan fingerprint density at radius 3 is 2.80 bits per heavy atom. The number of hydrogen-bond acceptors (Lipinski definition) is 2. The first-order valence-corrected chi connectivity index (χ1v) is 3.59. The van der Waals surface area contributed by atoms with Crippen molar-refractivity contribution in [1.29, 1.82) is 0 Å². The molecule has 0 saturated heterocycles. The Balaban J connectivity index is 3.59. The van der Waals surface area contributed by atoms with Crippen LogP contribution in [0.1, 0.15) is 19.8 Å². The lowest BCUT2D eigenvalue weighted by Gasteiger charge is -2.11. The van der Waals surface area contributed by atoms with E-state index in [0.717, 1.165) is 6.42 Å². The average molecular weight is 160 g/mol. The monoisotopic (exact) mass is 160 g/mol. The van der Waals surface area contributed by atoms with Crippen LogP contribution in [0, 0.1) is 0 Å². The minimum atomic E-state index is 0.106. The van der Waals surface area contributed by atoms with E-state index < -0.39 is 0 Å². The number of thiocarbonyl (C=S) groups is 1. The average Bonchev–Trinajstić information content (AvgIpc) is 1.86. The van der Waals surface area contributed by atoms with Gasteiger partial charge in [0, 0.05) is 12.5 Å². The predicted octanol–water partition coefficient (Wildman–Crippen LogP) is 0.187. The normalized spacial score (nSPS) is 12.1. The second-order valence-corrected chi connectivity index (χ2v) is 2.58. The fraction of sp³-hybridized carbons (Fsp3) is 0.667. The van der Waals surface area contributed by atoms with Gasteiger partial charge in [-0.25, -0.2) is 0 Å². The molecule has 0 heterocycles. The first kappa shape index (κ1) is 9.36. The van der Waals surface area contributed by atoms with Crippen molar-refractivity contribution < 1.29 is 4.79 Å². The number of carbonyl (C=O) groups is 1. The van der Waals surface area contributed by atoms with Crippen molar-refractivity contribution in [2.24, 2.45) is 5.73 Å². The van der Waals surface area contributed by atoms with E-state index in [9.17, 15) is 4.79 Å². The molecule has 10 heavy (non-hydrogen) atoms. The molecule has 1 amide bonds. The van der Waals surface area contributed by atoms with Crippen molar-refractivity contribution in [3.63, 3.8) is 0 Å². The maximum atomic E-state index is 9.96. The summed E-state index contributed by atoms with van der Waals surface area (Å²) in [5.41, 5.74) is 5.27. The molecule has 0 aromatic heterocycles. The Morgan fingerprint density at radius 1 is 1.90 bits per heavy atom. The van der Waals surface area contributed by atoms with Crippen molar-refractivity contribution in [3.05, 3.63) is 0 Å². The molecule has 0 bridgehead atoms. The molecule has 4 heteroatoms. The molecule has 3 nitrogen and oxygen atoms in total. The van der Waals surface area contributed by atoms with Gasteiger partial charge in [-0.1, -0.05) is 19.1 Å². The van der Waals surface area contributed by atoms with Crippen molar-refractivity contribution in [2.45, 2.75) is 25.8 Å². The topological polar surface area (TPSA) is 55.1 Å². The van der Waals surface area contributed by atoms with Crippen LogP contribution >= 0.6 is 12.2 Å². The lowest BCUT2D eigenvalue weighted by atomic mass is 10.1. The minimum Gasteiger partial charge on any atom is -0.393 e. The van der Waals surface area contributed by atoms with Gasteiger partial charge in [-0.15, -0.1) is 0 Å². The highest BCUT2D eigenvalue weighted by Crippen LogP contribution is 1.95. The van der Waals surface area contributed by atoms with E-state index in [1.54, 1.807) is 0 Å². The number of rotatable bonds is 5. The fourth-order valence-corrected chi connectivity index (χ4v) is 0.861. The third-order valence-electron chi connectivity index (χ3n) is 1.24. The quantitative estimate of drug-likeness (QED) is 0.446. The van der Waals surface area contributed by atoms with E-state index in [2.05, 4.69) is 17.5 Å². The second-order valence-electron chi connectivity index (χ2n) is 2.06. The molecule has 0 aliphatic carbocycles. The van der Waals surface area contributed by atoms with Gasteiger partial charge in [0.05, 0.1) is 4.99 Å². The first-order chi connectivity index (χ1) is 4.70. The van der Waals surface area contributed by atoms with Crippen LogP contribution in [-0.4, -0.2) is 17.4 Å². The summed E-state index contributed by atoms with van der Waals surface area (Å²) in [5.74, 6) is 0. The fourth-order valence-electron chi connectivity index (χ4n) is 0.660. The van der Waals surface area contributed by atoms with E-state index in [1.165, 1.54) is 0 Å². The third kappa shape index (κ3) is 4.26. The summed E-state index contributed by atoms with van der Waals surface area (Å²) in [7, 11) is 0. The van der Waals surface area contributed by atoms with Crippen LogP contribution in [0.15, 0.2) is 0 Å². The Labute approximate surface area is 66.0 Å². The molecule has 0 spiro atoms. The van der Waals surface area contributed by atoms with E-state index in [0.29, 0.717) is 17.8 Å². The molecule has 0 aromatic rings. The molecule has 0 rings (SSSR count). The van der Waals surface area contributed by atoms with E-state index in [-0.39, 0.29) is 6.04 Å². The highest BCUT2D eigenvalue weighted by atomic mass is 32.1. The van der Waals surface area contributed by atoms with Gasteiger partial charge in [-0.2, -0.15) is 0 Å². The molecule has 0 saturated carbocycles. The van der Waals surface area contributed by atoms with Gasteiger partial charge in [-0.05, 0) is 6.42 Å². The van der Waals surface area contributed by atoms with Crippen LogP contribution < -0.4 is 11.1 Å². The van der Waals surface area contributed by atoms with Gasteiger partial charge < -0.3 is 11.1 Å². The predicted molar refractivity (Wildman–Crippen MR) is 44.7 cm³/mol. The standard InChI is InChI=1S/C6H12N2OS/c1-2-5(8-4-9)3-6(7)10/h4-5H,2-3H2,1H3,(H2,7,10)(H,8,9). The van der Waals surface area contributed by atoms with Gasteiger partial charge in [0.2, 0.25) is 6.41 Å². The first-order valence-electron chi connectivity index (χ1n) is 3.18. The molecular weight excluding hydrogens is 148 g/mol. The molecule has 0 aliphatic heterocycles. The maximum Gasteiger partial charge on any atom is 0.207 e. The molecule has 3 N–H and O–H groups in total. The zero-order chi connectivity index (χ0) is 7.98. The van der Waals surface area contributed by atoms with E-state index >= 15 is 0 Å². The molecule has 0 radical (unpaired) electrons. The molecule has 58 valence electrons. The summed E-state index contributed by atoms with van der Waals surface area (Å²) >= 11 is 4.67. The number of carbonyl (C=O) groups excluding carboxylic acids is 1. The van der Waals surface area contributed by atoms with Gasteiger partial charge in [0.15, 0.2) is 0 Å². The van der Waals surface area contributed by atoms with Gasteiger partial charge >= 0.3 is 0 Å². The van der Waals surface area contributed by atoms with Crippen molar-refractivity contribution in [3.8, 4) is 0 Å². The lowest BCUT2D eigenvalue weighted by Crippen LogP contribution is -2.31. The zero-order valence-electron chi connectivity index (χ0n) is 5.96. The van der Waals surface area contributed by atoms with Crippen LogP contribution in [0.2, 0.25) is 0 Å². The van der Waals surface area contributed by atoms with Crippen LogP contribution in [0.3, 0.4) is 0 Å². The molecule has 0 fully saturated rings. The molecule has 1 atom stereocenters. The van der Waals surface area contributed by atoms with E-state index in [4.69, 9.17) is 5.73 Å². The van der Waals surface area contributed by atoms with Crippen molar-refractivity contribution >= 4 is 23.6 Å². The maximum absolute atomic E-state index is 9.96. The molecule has 0 aromatic carbocycles. The van der Waals surface area contributed by atoms with Gasteiger partial charge in [0.1, 0.15) is 0 Å². The summed E-state index contributed by atoms with van der Waals surface area (Å²) < 4.78 is 0. The number of hydrogen-bond donors (Lipinski definition) is 2. The van der Waals surface area contributed by atoms with Gasteiger partial charge in [-0.3, -0.25) is 4.79 Å². The zero-order valence-corrected chi connectivity index (χ0v) is 6.78. The number of nitrogens with two attached hydrogens (primary N) is 1. The summed E-state index contributed by atoms with van der Waals surface area (Å²) in [4.78, 5) is 10.4. The Morgan fingerprint density at radius 2 is 2.50 bits per heavy atom. The lowest BCUT2D eigenvalue weighted by molar-refractivity contribution is -0.110. The Bertz CT molecular complexity index is 127. The molecular formula is C6H12N2OS. The molecule has 0 aliphatic rings. The highest BCUT2D eigenvalue weighted by molar-refractivity contribution is 7.80. The Kier molecular flexibility index (Phi) is 4.84. The third-order valence-corrected chi connectivity index (χ3v) is 1.41. The number of nitrogens with one attached hydrogen (secondary N) is 1. The summed E-state index contributed by atoms with van der Waals surface area (Å²) in [6, 6.07) is 0.106. The summed E-state index contributed by atoms with van der Waals surface area (Å²) in [5, 5.41) is 2.62. The van der Waals surface area contributed by atoms with Crippen LogP contribution in [-0.2, 0) is 4.79 Å². The van der Waals surface area contributed by atoms with Crippen LogP contribution in [0.25, 0.3) is 0 Å². The second kappa shape index (κ2) is 5.17. The van der Waals surface area contributed by atoms with Gasteiger partial charge in [0.25, 0.3) is 0 Å². The molecule has 1 unspecified atom stereocenters. The van der Waals surface area contributed by atoms with Crippen molar-refractivity contribution in [1.82, 2.24) is 5.32 Å². The smallest absolute Gasteiger partial charge is 0.207 e. The Hall–Kier alpha value is -0.640. The minimum absolute atomic E-state index is 0.106. The van der Waals surface area contributed by atoms with E-state index in [1.807, 2.05) is 6.92 Å². The highest BCUT2D eigenvalue weighted by Gasteiger charge is 2.04. The SMILES string of the molecule is CCC(CC(N)=S)NC=O. The largest absolute Gasteiger partial charge is 0.393 e. The van der Waals surface area contributed by atoms with Crippen LogP contribution in [0.4, 0.5) is 0 Å². The summed E-state index contributed by atoms with van der Waals surface area (Å²) in [6.45, 7) is 1.97.